The molecule has 1 aliphatic rings. The quantitative estimate of drug-likeness (QED) is 0.402. The highest BCUT2D eigenvalue weighted by atomic mass is 16.5. The van der Waals surface area contributed by atoms with Gasteiger partial charge >= 0.3 is 6.03 Å². The minimum atomic E-state index is -0.318. The predicted molar refractivity (Wildman–Crippen MR) is 121 cm³/mol. The molecule has 1 aliphatic heterocycles. The molecule has 1 fully saturated rings. The monoisotopic (exact) mass is 414 g/mol. The van der Waals surface area contributed by atoms with Crippen molar-refractivity contribution in [3.05, 3.63) is 42.5 Å². The number of nitrogens with zero attached hydrogens (tertiary/aromatic N) is 1. The van der Waals surface area contributed by atoms with Gasteiger partial charge in [-0.05, 0) is 50.3 Å². The van der Waals surface area contributed by atoms with E-state index in [1.54, 1.807) is 0 Å². The lowest BCUT2D eigenvalue weighted by molar-refractivity contribution is 0.111. The molecule has 0 saturated carbocycles. The molecule has 2 aromatic carbocycles. The number of urea groups is 1. The molecule has 8 nitrogen and oxygen atoms in total. The molecule has 2 aromatic rings. The van der Waals surface area contributed by atoms with Crippen LogP contribution >= 0.6 is 0 Å². The number of fused-ring (bicyclic) bond motifs is 1. The van der Waals surface area contributed by atoms with Crippen LogP contribution in [0.4, 0.5) is 10.5 Å². The van der Waals surface area contributed by atoms with Crippen molar-refractivity contribution in [1.29, 1.82) is 0 Å². The third-order valence-corrected chi connectivity index (χ3v) is 5.01. The summed E-state index contributed by atoms with van der Waals surface area (Å²) in [6.07, 6.45) is 0.702. The summed E-state index contributed by atoms with van der Waals surface area (Å²) >= 11 is 0. The van der Waals surface area contributed by atoms with Gasteiger partial charge in [0.15, 0.2) is 0 Å². The van der Waals surface area contributed by atoms with E-state index in [0.29, 0.717) is 6.61 Å². The normalized spacial score (nSPS) is 21.7. The summed E-state index contributed by atoms with van der Waals surface area (Å²) in [5, 5.41) is 18.3. The van der Waals surface area contributed by atoms with Crippen molar-refractivity contribution in [2.24, 2.45) is 0 Å². The Balaban J connectivity index is 1.42. The van der Waals surface area contributed by atoms with Crippen molar-refractivity contribution in [1.82, 2.24) is 26.2 Å². The molecule has 0 spiro atoms. The minimum Gasteiger partial charge on any atom is -0.379 e. The van der Waals surface area contributed by atoms with Crippen molar-refractivity contribution in [2.75, 3.05) is 45.7 Å². The van der Waals surface area contributed by atoms with Crippen LogP contribution in [0.25, 0.3) is 10.8 Å². The number of hydrogen-bond donors (Lipinski definition) is 5. The highest BCUT2D eigenvalue weighted by Gasteiger charge is 2.25. The van der Waals surface area contributed by atoms with Gasteiger partial charge in [0.05, 0.1) is 19.4 Å². The van der Waals surface area contributed by atoms with Gasteiger partial charge in [-0.2, -0.15) is 0 Å². The summed E-state index contributed by atoms with van der Waals surface area (Å²) in [6, 6.07) is 14.0. The molecule has 164 valence electrons. The number of likely N-dealkylation sites (N-methyl/N-ethyl adjacent to an activating group) is 1. The molecule has 30 heavy (non-hydrogen) atoms. The van der Waals surface area contributed by atoms with Crippen LogP contribution < -0.4 is 26.6 Å². The second kappa shape index (κ2) is 11.2. The van der Waals surface area contributed by atoms with Crippen molar-refractivity contribution in [3.63, 3.8) is 0 Å². The summed E-state index contributed by atoms with van der Waals surface area (Å²) in [4.78, 5) is 14.6. The zero-order valence-corrected chi connectivity index (χ0v) is 18.1. The zero-order chi connectivity index (χ0) is 21.3. The summed E-state index contributed by atoms with van der Waals surface area (Å²) in [5.74, 6) is 0. The Bertz CT molecular complexity index is 815. The van der Waals surface area contributed by atoms with Gasteiger partial charge in [-0.3, -0.25) is 16.0 Å². The maximum atomic E-state index is 12.5. The Morgan fingerprint density at radius 1 is 1.13 bits per heavy atom. The van der Waals surface area contributed by atoms with Gasteiger partial charge < -0.3 is 20.3 Å². The van der Waals surface area contributed by atoms with Gasteiger partial charge in [0.25, 0.3) is 0 Å². The average Bonchev–Trinajstić information content (AvgIpc) is 2.70. The van der Waals surface area contributed by atoms with Crippen LogP contribution in [0.5, 0.6) is 0 Å². The average molecular weight is 415 g/mol. The molecule has 1 heterocycles. The first-order valence-electron chi connectivity index (χ1n) is 10.5. The SMILES string of the molecule is CC1CC(NCCOCCN(C)C)NC(NC(=O)Nc2ccc3ccccc3c2)N1. The van der Waals surface area contributed by atoms with Gasteiger partial charge in [0, 0.05) is 24.8 Å². The largest absolute Gasteiger partial charge is 0.379 e. The standard InChI is InChI=1S/C22H34N6O2/c1-16-14-20(23-10-12-30-13-11-28(2)3)26-21(24-16)27-22(29)25-19-9-8-17-6-4-5-7-18(17)15-19/h4-9,15-16,20-21,23-24,26H,10-14H2,1-3H3,(H2,25,27,29). The third kappa shape index (κ3) is 7.23. The van der Waals surface area contributed by atoms with E-state index in [0.717, 1.165) is 42.6 Å². The van der Waals surface area contributed by atoms with Gasteiger partial charge in [-0.15, -0.1) is 0 Å². The maximum absolute atomic E-state index is 12.5. The Morgan fingerprint density at radius 3 is 2.73 bits per heavy atom. The van der Waals surface area contributed by atoms with Crippen LogP contribution in [0.15, 0.2) is 42.5 Å². The fourth-order valence-electron chi connectivity index (χ4n) is 3.47. The Morgan fingerprint density at radius 2 is 1.93 bits per heavy atom. The summed E-state index contributed by atoms with van der Waals surface area (Å²) < 4.78 is 5.62. The smallest absolute Gasteiger partial charge is 0.321 e. The van der Waals surface area contributed by atoms with E-state index in [1.807, 2.05) is 50.5 Å². The molecule has 3 unspecified atom stereocenters. The number of benzene rings is 2. The molecule has 3 rings (SSSR count). The lowest BCUT2D eigenvalue weighted by atomic mass is 10.1. The summed E-state index contributed by atoms with van der Waals surface area (Å²) in [5.41, 5.74) is 0.764. The molecule has 8 heteroatoms. The van der Waals surface area contributed by atoms with E-state index in [9.17, 15) is 4.79 Å². The third-order valence-electron chi connectivity index (χ3n) is 5.01. The molecule has 0 radical (unpaired) electrons. The molecule has 0 aromatic heterocycles. The number of anilines is 1. The first kappa shape index (κ1) is 22.5. The van der Waals surface area contributed by atoms with Crippen molar-refractivity contribution < 1.29 is 9.53 Å². The fourth-order valence-corrected chi connectivity index (χ4v) is 3.47. The van der Waals surface area contributed by atoms with Gasteiger partial charge in [-0.1, -0.05) is 30.3 Å². The van der Waals surface area contributed by atoms with Crippen LogP contribution in [0.2, 0.25) is 0 Å². The van der Waals surface area contributed by atoms with Crippen molar-refractivity contribution in [2.45, 2.75) is 31.8 Å². The lowest BCUT2D eigenvalue weighted by Gasteiger charge is -2.36. The molecular formula is C22H34N6O2. The van der Waals surface area contributed by atoms with E-state index in [-0.39, 0.29) is 24.5 Å². The topological polar surface area (TPSA) is 89.7 Å². The molecule has 5 N–H and O–H groups in total. The van der Waals surface area contributed by atoms with E-state index >= 15 is 0 Å². The molecule has 0 bridgehead atoms. The molecule has 1 saturated heterocycles. The predicted octanol–water partition coefficient (Wildman–Crippen LogP) is 1.71. The number of ether oxygens (including phenoxy) is 1. The van der Waals surface area contributed by atoms with Crippen LogP contribution in [0.3, 0.4) is 0 Å². The van der Waals surface area contributed by atoms with Crippen LogP contribution in [-0.4, -0.2) is 69.8 Å². The first-order chi connectivity index (χ1) is 14.5. The number of amides is 2. The van der Waals surface area contributed by atoms with Gasteiger partial charge in [-0.25, -0.2) is 4.79 Å². The second-order valence-electron chi connectivity index (χ2n) is 7.99. The number of nitrogens with one attached hydrogen (secondary N) is 5. The number of carbonyl (C=O) groups excluding carboxylic acids is 1. The number of hydrogen-bond acceptors (Lipinski definition) is 6. The van der Waals surface area contributed by atoms with Gasteiger partial charge in [0.1, 0.15) is 6.29 Å². The number of rotatable bonds is 9. The maximum Gasteiger partial charge on any atom is 0.321 e. The number of carbonyl (C=O) groups is 1. The van der Waals surface area contributed by atoms with Crippen LogP contribution in [0.1, 0.15) is 13.3 Å². The van der Waals surface area contributed by atoms with Crippen LogP contribution in [-0.2, 0) is 4.74 Å². The Kier molecular flexibility index (Phi) is 8.41. The molecule has 2 amide bonds. The van der Waals surface area contributed by atoms with Crippen molar-refractivity contribution in [3.8, 4) is 0 Å². The Hall–Kier alpha value is -2.23. The van der Waals surface area contributed by atoms with Crippen molar-refractivity contribution >= 4 is 22.5 Å². The van der Waals surface area contributed by atoms with E-state index < -0.39 is 0 Å². The van der Waals surface area contributed by atoms with E-state index in [2.05, 4.69) is 44.5 Å². The zero-order valence-electron chi connectivity index (χ0n) is 18.1. The van der Waals surface area contributed by atoms with E-state index in [4.69, 9.17) is 4.74 Å². The molecule has 3 atom stereocenters. The van der Waals surface area contributed by atoms with Gasteiger partial charge in [0.2, 0.25) is 0 Å². The highest BCUT2D eigenvalue weighted by Crippen LogP contribution is 2.18. The lowest BCUT2D eigenvalue weighted by Crippen LogP contribution is -2.67. The molecule has 0 aliphatic carbocycles. The Labute approximate surface area is 178 Å². The highest BCUT2D eigenvalue weighted by molar-refractivity contribution is 5.93. The fraction of sp³-hybridized carbons (Fsp3) is 0.500. The molecular weight excluding hydrogens is 380 g/mol. The minimum absolute atomic E-state index is 0.102. The summed E-state index contributed by atoms with van der Waals surface area (Å²) in [7, 11) is 4.07. The van der Waals surface area contributed by atoms with E-state index in [1.165, 1.54) is 0 Å². The first-order valence-corrected chi connectivity index (χ1v) is 10.5. The second-order valence-corrected chi connectivity index (χ2v) is 7.99. The summed E-state index contributed by atoms with van der Waals surface area (Å²) in [6.45, 7) is 5.17. The van der Waals surface area contributed by atoms with Crippen LogP contribution in [0, 0.1) is 0 Å².